The van der Waals surface area contributed by atoms with Gasteiger partial charge in [-0.25, -0.2) is 0 Å². The van der Waals surface area contributed by atoms with Gasteiger partial charge in [-0.2, -0.15) is 0 Å². The summed E-state index contributed by atoms with van der Waals surface area (Å²) >= 11 is 0. The Bertz CT molecular complexity index is 83.1. The van der Waals surface area contributed by atoms with Crippen LogP contribution < -0.4 is 0 Å². The van der Waals surface area contributed by atoms with Crippen LogP contribution in [0.1, 0.15) is 19.8 Å². The first-order valence-electron chi connectivity index (χ1n) is 3.17. The van der Waals surface area contributed by atoms with E-state index in [1.54, 1.807) is 0 Å². The molecule has 0 atom stereocenters. The van der Waals surface area contributed by atoms with Crippen LogP contribution in [-0.2, 0) is 0 Å². The van der Waals surface area contributed by atoms with Gasteiger partial charge < -0.3 is 17.3 Å². The van der Waals surface area contributed by atoms with Gasteiger partial charge in [0.1, 0.15) is 0 Å². The fraction of sp³-hybridized carbons (Fsp3) is 0.500. The second-order valence-electron chi connectivity index (χ2n) is 1.77. The highest BCUT2D eigenvalue weighted by atomic mass is 19.5. The van der Waals surface area contributed by atoms with E-state index in [4.69, 9.17) is 0 Å². The van der Waals surface area contributed by atoms with Gasteiger partial charge in [0.25, 0.3) is 0 Å². The molecule has 5 heteroatoms. The molecular formula is C6H11BF4-. The minimum absolute atomic E-state index is 1.12. The fourth-order valence-corrected chi connectivity index (χ4v) is 0.285. The highest BCUT2D eigenvalue weighted by molar-refractivity contribution is 6.50. The molecular weight excluding hydrogens is 159 g/mol. The average Bonchev–Trinajstić information content (AvgIpc) is 1.79. The zero-order chi connectivity index (χ0) is 9.33. The van der Waals surface area contributed by atoms with Crippen molar-refractivity contribution in [3.63, 3.8) is 0 Å². The highest BCUT2D eigenvalue weighted by Gasteiger charge is 2.20. The highest BCUT2D eigenvalue weighted by Crippen LogP contribution is 2.06. The average molecular weight is 170 g/mol. The van der Waals surface area contributed by atoms with Gasteiger partial charge >= 0.3 is 7.25 Å². The topological polar surface area (TPSA) is 0 Å². The molecule has 0 aromatic carbocycles. The normalized spacial score (nSPS) is 9.91. The minimum Gasteiger partial charge on any atom is -0.418 e. The molecule has 0 aromatic rings. The standard InChI is InChI=1S/C6H11.BF4/c1-3-5-6-4-2;2-1(3,4)5/h3-4H,1,5-6H2,2H3;/q;-1. The SMILES string of the molecule is C=CCC[CH]C.F[B-](F)(F)F. The van der Waals surface area contributed by atoms with E-state index < -0.39 is 7.25 Å². The summed E-state index contributed by atoms with van der Waals surface area (Å²) in [4.78, 5) is 0. The van der Waals surface area contributed by atoms with E-state index in [9.17, 15) is 17.3 Å². The van der Waals surface area contributed by atoms with Crippen molar-refractivity contribution in [2.75, 3.05) is 0 Å². The van der Waals surface area contributed by atoms with Crippen molar-refractivity contribution >= 4 is 7.25 Å². The lowest BCUT2D eigenvalue weighted by Gasteiger charge is -1.94. The Hall–Kier alpha value is -0.475. The summed E-state index contributed by atoms with van der Waals surface area (Å²) in [6.07, 6.45) is 6.36. The maximum Gasteiger partial charge on any atom is 0.673 e. The second kappa shape index (κ2) is 7.63. The monoisotopic (exact) mass is 170 g/mol. The van der Waals surface area contributed by atoms with Crippen molar-refractivity contribution in [2.45, 2.75) is 19.8 Å². The molecule has 0 heterocycles. The smallest absolute Gasteiger partial charge is 0.418 e. The third kappa shape index (κ3) is 84.6. The molecule has 0 saturated carbocycles. The zero-order valence-corrected chi connectivity index (χ0v) is 6.37. The molecule has 0 N–H and O–H groups in total. The Balaban J connectivity index is 0. The largest absolute Gasteiger partial charge is 0.673 e. The predicted octanol–water partition coefficient (Wildman–Crippen LogP) is 3.48. The summed E-state index contributed by atoms with van der Waals surface area (Å²) in [5, 5.41) is 0. The Morgan fingerprint density at radius 2 is 1.55 bits per heavy atom. The first-order valence-corrected chi connectivity index (χ1v) is 3.17. The van der Waals surface area contributed by atoms with E-state index in [-0.39, 0.29) is 0 Å². The molecule has 0 rings (SSSR count). The minimum atomic E-state index is -6.00. The molecule has 0 aliphatic heterocycles. The zero-order valence-electron chi connectivity index (χ0n) is 6.37. The number of rotatable bonds is 3. The molecule has 0 aliphatic rings. The van der Waals surface area contributed by atoms with Crippen LogP contribution in [0.3, 0.4) is 0 Å². The Morgan fingerprint density at radius 1 is 1.18 bits per heavy atom. The summed E-state index contributed by atoms with van der Waals surface area (Å²) in [7, 11) is -6.00. The van der Waals surface area contributed by atoms with E-state index in [1.807, 2.05) is 6.08 Å². The molecule has 1 radical (unpaired) electrons. The van der Waals surface area contributed by atoms with Gasteiger partial charge in [-0.15, -0.1) is 6.58 Å². The summed E-state index contributed by atoms with van der Waals surface area (Å²) in [6.45, 7) is 5.64. The van der Waals surface area contributed by atoms with Crippen LogP contribution in [0, 0.1) is 6.42 Å². The van der Waals surface area contributed by atoms with Crippen LogP contribution in [0.25, 0.3) is 0 Å². The lowest BCUT2D eigenvalue weighted by Crippen LogP contribution is -2.02. The Morgan fingerprint density at radius 3 is 1.64 bits per heavy atom. The molecule has 11 heavy (non-hydrogen) atoms. The van der Waals surface area contributed by atoms with Gasteiger partial charge in [0.05, 0.1) is 0 Å². The first kappa shape index (κ1) is 13.1. The van der Waals surface area contributed by atoms with Gasteiger partial charge in [-0.05, 0) is 19.3 Å². The Labute approximate surface area is 64.4 Å². The van der Waals surface area contributed by atoms with Crippen molar-refractivity contribution in [3.05, 3.63) is 19.1 Å². The first-order chi connectivity index (χ1) is 4.91. The molecule has 0 aliphatic carbocycles. The summed E-state index contributed by atoms with van der Waals surface area (Å²) in [5.41, 5.74) is 0. The van der Waals surface area contributed by atoms with Crippen molar-refractivity contribution in [3.8, 4) is 0 Å². The van der Waals surface area contributed by atoms with E-state index in [1.165, 1.54) is 6.42 Å². The second-order valence-corrected chi connectivity index (χ2v) is 1.77. The Kier molecular flexibility index (Phi) is 9.11. The van der Waals surface area contributed by atoms with E-state index in [2.05, 4.69) is 19.9 Å². The predicted molar refractivity (Wildman–Crippen MR) is 39.6 cm³/mol. The van der Waals surface area contributed by atoms with Crippen LogP contribution in [0.5, 0.6) is 0 Å². The molecule has 0 unspecified atom stereocenters. The van der Waals surface area contributed by atoms with Crippen LogP contribution in [0.2, 0.25) is 0 Å². The summed E-state index contributed by atoms with van der Waals surface area (Å²) < 4.78 is 39.0. The molecule has 0 bridgehead atoms. The molecule has 0 fully saturated rings. The van der Waals surface area contributed by atoms with Crippen LogP contribution >= 0.6 is 0 Å². The number of allylic oxidation sites excluding steroid dienone is 1. The van der Waals surface area contributed by atoms with E-state index in [0.717, 1.165) is 6.42 Å². The lowest BCUT2D eigenvalue weighted by molar-refractivity contribution is 0.368. The maximum atomic E-state index is 9.75. The summed E-state index contributed by atoms with van der Waals surface area (Å²) in [6, 6.07) is 0. The fourth-order valence-electron chi connectivity index (χ4n) is 0.285. The lowest BCUT2D eigenvalue weighted by atomic mass is 10.3. The third-order valence-corrected chi connectivity index (χ3v) is 0.659. The van der Waals surface area contributed by atoms with Crippen molar-refractivity contribution < 1.29 is 17.3 Å². The van der Waals surface area contributed by atoms with E-state index in [0.29, 0.717) is 0 Å². The number of halogens is 4. The molecule has 67 valence electrons. The van der Waals surface area contributed by atoms with Crippen LogP contribution in [0.15, 0.2) is 12.7 Å². The van der Waals surface area contributed by atoms with Gasteiger partial charge in [-0.3, -0.25) is 0 Å². The summed E-state index contributed by atoms with van der Waals surface area (Å²) in [5.74, 6) is 0. The molecule has 0 aromatic heterocycles. The van der Waals surface area contributed by atoms with Gasteiger partial charge in [0.15, 0.2) is 0 Å². The quantitative estimate of drug-likeness (QED) is 0.263. The number of hydrogen-bond acceptors (Lipinski definition) is 0. The van der Waals surface area contributed by atoms with Crippen LogP contribution in [-0.4, -0.2) is 7.25 Å². The number of hydrogen-bond donors (Lipinski definition) is 0. The molecule has 0 amide bonds. The van der Waals surface area contributed by atoms with Gasteiger partial charge in [0.2, 0.25) is 0 Å². The van der Waals surface area contributed by atoms with Crippen molar-refractivity contribution in [1.82, 2.24) is 0 Å². The van der Waals surface area contributed by atoms with Crippen molar-refractivity contribution in [2.24, 2.45) is 0 Å². The third-order valence-electron chi connectivity index (χ3n) is 0.659. The molecule has 0 spiro atoms. The van der Waals surface area contributed by atoms with Crippen molar-refractivity contribution in [1.29, 1.82) is 0 Å². The maximum absolute atomic E-state index is 9.75. The molecule has 0 nitrogen and oxygen atoms in total. The van der Waals surface area contributed by atoms with Gasteiger partial charge in [0, 0.05) is 0 Å². The molecule has 0 saturated heterocycles. The van der Waals surface area contributed by atoms with E-state index >= 15 is 0 Å². The van der Waals surface area contributed by atoms with Gasteiger partial charge in [-0.1, -0.05) is 13.0 Å². The number of unbranched alkanes of at least 4 members (excludes halogenated alkanes) is 2. The van der Waals surface area contributed by atoms with Crippen LogP contribution in [0.4, 0.5) is 17.3 Å².